The molecule has 0 aliphatic heterocycles. The number of carbonyl (C=O) groups is 1. The number of methoxy groups -OCH3 is 1. The summed E-state index contributed by atoms with van der Waals surface area (Å²) in [6.45, 7) is 3.80. The molecule has 0 saturated carbocycles. The largest absolute Gasteiger partial charge is 0.469 e. The molecule has 0 saturated heterocycles. The number of ether oxygens (including phenoxy) is 1. The lowest BCUT2D eigenvalue weighted by Crippen LogP contribution is -2.20. The molecule has 3 nitrogen and oxygen atoms in total. The molecule has 0 spiro atoms. The predicted octanol–water partition coefficient (Wildman–Crippen LogP) is 1.34. The van der Waals surface area contributed by atoms with Crippen LogP contribution in [0, 0.1) is 5.92 Å². The van der Waals surface area contributed by atoms with Crippen molar-refractivity contribution in [3.63, 3.8) is 0 Å². The highest BCUT2D eigenvalue weighted by atomic mass is 32.2. The summed E-state index contributed by atoms with van der Waals surface area (Å²) in [4.78, 5) is 11.0. The summed E-state index contributed by atoms with van der Waals surface area (Å²) in [6.07, 6.45) is 2.00. The van der Waals surface area contributed by atoms with Crippen LogP contribution in [-0.2, 0) is 20.3 Å². The molecule has 0 aliphatic rings. The van der Waals surface area contributed by atoms with E-state index in [9.17, 15) is 9.00 Å². The Morgan fingerprint density at radius 1 is 1.54 bits per heavy atom. The molecule has 0 rings (SSSR count). The van der Waals surface area contributed by atoms with Gasteiger partial charge >= 0.3 is 5.97 Å². The summed E-state index contributed by atoms with van der Waals surface area (Å²) in [5.41, 5.74) is 0. The normalized spacial score (nSPS) is 15.0. The quantitative estimate of drug-likeness (QED) is 0.616. The Morgan fingerprint density at radius 2 is 2.15 bits per heavy atom. The van der Waals surface area contributed by atoms with Gasteiger partial charge in [0, 0.05) is 22.3 Å². The lowest BCUT2D eigenvalue weighted by molar-refractivity contribution is -0.144. The minimum absolute atomic E-state index is 0.248. The van der Waals surface area contributed by atoms with Crippen LogP contribution < -0.4 is 0 Å². The standard InChI is InChI=1S/C9H18O3S/c1-4-5-6-13(11)7-8(2)9(10)12-3/h8H,4-7H2,1-3H3. The maximum absolute atomic E-state index is 11.3. The van der Waals surface area contributed by atoms with Gasteiger partial charge in [-0.25, -0.2) is 0 Å². The van der Waals surface area contributed by atoms with Gasteiger partial charge in [0.15, 0.2) is 0 Å². The number of hydrogen-bond donors (Lipinski definition) is 0. The van der Waals surface area contributed by atoms with Crippen molar-refractivity contribution in [3.8, 4) is 0 Å². The number of hydrogen-bond acceptors (Lipinski definition) is 3. The minimum atomic E-state index is -0.873. The van der Waals surface area contributed by atoms with Crippen molar-refractivity contribution in [2.24, 2.45) is 5.92 Å². The van der Waals surface area contributed by atoms with E-state index in [0.717, 1.165) is 12.8 Å². The highest BCUT2D eigenvalue weighted by Crippen LogP contribution is 2.02. The highest BCUT2D eigenvalue weighted by Gasteiger charge is 2.15. The molecule has 2 atom stereocenters. The third kappa shape index (κ3) is 5.80. The average molecular weight is 206 g/mol. The van der Waals surface area contributed by atoms with Crippen molar-refractivity contribution < 1.29 is 13.7 Å². The number of esters is 1. The van der Waals surface area contributed by atoms with Crippen LogP contribution in [-0.4, -0.2) is 28.8 Å². The SMILES string of the molecule is CCCCS(=O)CC(C)C(=O)OC. The average Bonchev–Trinajstić information content (AvgIpc) is 2.13. The number of rotatable bonds is 6. The van der Waals surface area contributed by atoms with Gasteiger partial charge < -0.3 is 4.74 Å². The Kier molecular flexibility index (Phi) is 6.86. The molecule has 78 valence electrons. The zero-order valence-corrected chi connectivity index (χ0v) is 9.36. The fourth-order valence-corrected chi connectivity index (χ4v) is 2.41. The summed E-state index contributed by atoms with van der Waals surface area (Å²) in [5, 5.41) is 0. The van der Waals surface area contributed by atoms with Crippen LogP contribution in [0.3, 0.4) is 0 Å². The molecule has 0 heterocycles. The van der Waals surface area contributed by atoms with Crippen LogP contribution in [0.2, 0.25) is 0 Å². The van der Waals surface area contributed by atoms with Gasteiger partial charge in [0.05, 0.1) is 13.0 Å². The van der Waals surface area contributed by atoms with E-state index in [4.69, 9.17) is 0 Å². The van der Waals surface area contributed by atoms with Crippen molar-refractivity contribution >= 4 is 16.8 Å². The smallest absolute Gasteiger partial charge is 0.309 e. The fraction of sp³-hybridized carbons (Fsp3) is 0.889. The van der Waals surface area contributed by atoms with Crippen molar-refractivity contribution in [2.45, 2.75) is 26.7 Å². The molecule has 0 aromatic heterocycles. The fourth-order valence-electron chi connectivity index (χ4n) is 0.937. The third-order valence-electron chi connectivity index (χ3n) is 1.77. The molecular weight excluding hydrogens is 188 g/mol. The Labute approximate surface area is 82.3 Å². The van der Waals surface area contributed by atoms with E-state index in [-0.39, 0.29) is 11.9 Å². The lowest BCUT2D eigenvalue weighted by Gasteiger charge is -2.07. The molecule has 0 aromatic carbocycles. The number of carbonyl (C=O) groups excluding carboxylic acids is 1. The van der Waals surface area contributed by atoms with Crippen molar-refractivity contribution in [2.75, 3.05) is 18.6 Å². The van der Waals surface area contributed by atoms with Gasteiger partial charge in [-0.05, 0) is 6.42 Å². The maximum Gasteiger partial charge on any atom is 0.309 e. The van der Waals surface area contributed by atoms with Gasteiger partial charge in [-0.15, -0.1) is 0 Å². The maximum atomic E-state index is 11.3. The second kappa shape index (κ2) is 7.06. The second-order valence-corrected chi connectivity index (χ2v) is 4.71. The summed E-state index contributed by atoms with van der Waals surface area (Å²) < 4.78 is 15.9. The Morgan fingerprint density at radius 3 is 2.62 bits per heavy atom. The monoisotopic (exact) mass is 206 g/mol. The molecule has 0 amide bonds. The summed E-state index contributed by atoms with van der Waals surface area (Å²) in [7, 11) is 0.482. The number of unbranched alkanes of at least 4 members (excludes halogenated alkanes) is 1. The molecule has 13 heavy (non-hydrogen) atoms. The lowest BCUT2D eigenvalue weighted by atomic mass is 10.2. The van der Waals surface area contributed by atoms with Gasteiger partial charge in [0.2, 0.25) is 0 Å². The zero-order chi connectivity index (χ0) is 10.3. The third-order valence-corrected chi connectivity index (χ3v) is 3.38. The van der Waals surface area contributed by atoms with Crippen LogP contribution in [0.25, 0.3) is 0 Å². The summed E-state index contributed by atoms with van der Waals surface area (Å²) in [6, 6.07) is 0. The van der Waals surface area contributed by atoms with E-state index < -0.39 is 10.8 Å². The topological polar surface area (TPSA) is 43.4 Å². The molecule has 2 unspecified atom stereocenters. The molecule has 0 aliphatic carbocycles. The van der Waals surface area contributed by atoms with Crippen LogP contribution >= 0.6 is 0 Å². The Hall–Kier alpha value is -0.380. The van der Waals surface area contributed by atoms with Crippen molar-refractivity contribution in [1.29, 1.82) is 0 Å². The second-order valence-electron chi connectivity index (χ2n) is 3.09. The van der Waals surface area contributed by atoms with Crippen molar-refractivity contribution in [1.82, 2.24) is 0 Å². The molecule has 0 aromatic rings. The Bertz CT molecular complexity index is 180. The van der Waals surface area contributed by atoms with Gasteiger partial charge in [0.25, 0.3) is 0 Å². The van der Waals surface area contributed by atoms with Crippen LogP contribution in [0.15, 0.2) is 0 Å². The summed E-state index contributed by atoms with van der Waals surface area (Å²) in [5.74, 6) is 0.595. The van der Waals surface area contributed by atoms with E-state index in [1.54, 1.807) is 6.92 Å². The zero-order valence-electron chi connectivity index (χ0n) is 8.54. The van der Waals surface area contributed by atoms with Crippen LogP contribution in [0.5, 0.6) is 0 Å². The Balaban J connectivity index is 3.71. The van der Waals surface area contributed by atoms with E-state index in [1.165, 1.54) is 7.11 Å². The van der Waals surface area contributed by atoms with Crippen LogP contribution in [0.4, 0.5) is 0 Å². The van der Waals surface area contributed by atoms with E-state index >= 15 is 0 Å². The molecule has 0 fully saturated rings. The first kappa shape index (κ1) is 12.6. The highest BCUT2D eigenvalue weighted by molar-refractivity contribution is 7.85. The van der Waals surface area contributed by atoms with Crippen LogP contribution in [0.1, 0.15) is 26.7 Å². The van der Waals surface area contributed by atoms with E-state index in [1.807, 2.05) is 0 Å². The predicted molar refractivity (Wildman–Crippen MR) is 54.0 cm³/mol. The van der Waals surface area contributed by atoms with Gasteiger partial charge in [0.1, 0.15) is 0 Å². The minimum Gasteiger partial charge on any atom is -0.469 e. The molecule has 4 heteroatoms. The first-order valence-electron chi connectivity index (χ1n) is 4.54. The first-order chi connectivity index (χ1) is 6.11. The first-order valence-corrected chi connectivity index (χ1v) is 6.03. The van der Waals surface area contributed by atoms with E-state index in [2.05, 4.69) is 11.7 Å². The van der Waals surface area contributed by atoms with Gasteiger partial charge in [-0.2, -0.15) is 0 Å². The van der Waals surface area contributed by atoms with Crippen molar-refractivity contribution in [3.05, 3.63) is 0 Å². The van der Waals surface area contributed by atoms with Gasteiger partial charge in [-0.3, -0.25) is 9.00 Å². The summed E-state index contributed by atoms with van der Waals surface area (Å²) >= 11 is 0. The molecular formula is C9H18O3S. The van der Waals surface area contributed by atoms with Gasteiger partial charge in [-0.1, -0.05) is 20.3 Å². The molecule has 0 radical (unpaired) electrons. The van der Waals surface area contributed by atoms with E-state index in [0.29, 0.717) is 11.5 Å². The molecule has 0 bridgehead atoms. The molecule has 0 N–H and O–H groups in total.